The predicted molar refractivity (Wildman–Crippen MR) is 59.0 cm³/mol. The maximum absolute atomic E-state index is 10.6. The number of aromatic carboxylic acids is 1. The number of aromatic nitrogens is 2. The van der Waals surface area contributed by atoms with Gasteiger partial charge in [0.1, 0.15) is 11.5 Å². The van der Waals surface area contributed by atoms with Gasteiger partial charge in [-0.3, -0.25) is 0 Å². The molecule has 2 rings (SSSR count). The Morgan fingerprint density at radius 3 is 2.82 bits per heavy atom. The molecule has 90 valence electrons. The number of carboxylic acids is 1. The van der Waals surface area contributed by atoms with Crippen LogP contribution in [-0.2, 0) is 5.75 Å². The number of aryl methyl sites for hydroxylation is 2. The first-order valence-electron chi connectivity index (χ1n) is 4.82. The van der Waals surface area contributed by atoms with Crippen molar-refractivity contribution in [3.8, 4) is 0 Å². The molecule has 1 N–H and O–H groups in total. The van der Waals surface area contributed by atoms with Crippen molar-refractivity contribution in [2.24, 2.45) is 0 Å². The minimum absolute atomic E-state index is 0.0969. The Morgan fingerprint density at radius 2 is 2.29 bits per heavy atom. The molecule has 0 aromatic carbocycles. The van der Waals surface area contributed by atoms with Crippen molar-refractivity contribution in [2.45, 2.75) is 24.8 Å². The van der Waals surface area contributed by atoms with E-state index in [0.717, 1.165) is 11.5 Å². The largest absolute Gasteiger partial charge is 0.476 e. The summed E-state index contributed by atoms with van der Waals surface area (Å²) in [7, 11) is 0. The Kier molecular flexibility index (Phi) is 3.19. The van der Waals surface area contributed by atoms with E-state index in [1.165, 1.54) is 17.8 Å². The highest BCUT2D eigenvalue weighted by atomic mass is 32.2. The highest BCUT2D eigenvalue weighted by Gasteiger charge is 2.12. The molecule has 0 atom stereocenters. The third kappa shape index (κ3) is 2.68. The van der Waals surface area contributed by atoms with Crippen molar-refractivity contribution in [3.05, 3.63) is 29.0 Å². The molecule has 0 unspecified atom stereocenters. The van der Waals surface area contributed by atoms with E-state index in [9.17, 15) is 4.79 Å². The van der Waals surface area contributed by atoms with Gasteiger partial charge in [0.05, 0.1) is 11.4 Å². The molecule has 0 saturated carbocycles. The van der Waals surface area contributed by atoms with Crippen molar-refractivity contribution in [2.75, 3.05) is 0 Å². The van der Waals surface area contributed by atoms with Gasteiger partial charge in [-0.05, 0) is 13.8 Å². The van der Waals surface area contributed by atoms with Gasteiger partial charge in [0, 0.05) is 6.07 Å². The third-order valence-corrected chi connectivity index (χ3v) is 2.98. The summed E-state index contributed by atoms with van der Waals surface area (Å²) in [6.07, 6.45) is 0. The maximum atomic E-state index is 10.6. The van der Waals surface area contributed by atoms with Crippen LogP contribution in [0.4, 0.5) is 0 Å². The van der Waals surface area contributed by atoms with E-state index in [1.54, 1.807) is 0 Å². The second-order valence-electron chi connectivity index (χ2n) is 3.39. The van der Waals surface area contributed by atoms with Crippen LogP contribution in [0, 0.1) is 13.8 Å². The first-order chi connectivity index (χ1) is 8.06. The van der Waals surface area contributed by atoms with Crippen LogP contribution in [0.1, 0.15) is 27.7 Å². The van der Waals surface area contributed by atoms with Crippen LogP contribution >= 0.6 is 11.8 Å². The number of carboxylic acid groups (broad SMARTS) is 1. The minimum atomic E-state index is -1.10. The lowest BCUT2D eigenvalue weighted by Crippen LogP contribution is -1.94. The maximum Gasteiger partial charge on any atom is 0.358 e. The van der Waals surface area contributed by atoms with Gasteiger partial charge in [-0.15, -0.1) is 0 Å². The summed E-state index contributed by atoms with van der Waals surface area (Å²) in [4.78, 5) is 14.8. The summed E-state index contributed by atoms with van der Waals surface area (Å²) in [5.74, 6) is 0.574. The van der Waals surface area contributed by atoms with Gasteiger partial charge < -0.3 is 14.0 Å². The predicted octanol–water partition coefficient (Wildman–Crippen LogP) is 2.27. The molecule has 2 heterocycles. The van der Waals surface area contributed by atoms with Gasteiger partial charge in [-0.2, -0.15) is 0 Å². The van der Waals surface area contributed by atoms with Gasteiger partial charge in [0.15, 0.2) is 5.69 Å². The highest BCUT2D eigenvalue weighted by Crippen LogP contribution is 2.24. The zero-order valence-corrected chi connectivity index (χ0v) is 10.1. The molecule has 6 nitrogen and oxygen atoms in total. The van der Waals surface area contributed by atoms with Crippen molar-refractivity contribution in [1.29, 1.82) is 0 Å². The molecule has 0 amide bonds. The summed E-state index contributed by atoms with van der Waals surface area (Å²) < 4.78 is 10.2. The lowest BCUT2D eigenvalue weighted by atomic mass is 10.4. The van der Waals surface area contributed by atoms with Gasteiger partial charge in [0.25, 0.3) is 5.22 Å². The minimum Gasteiger partial charge on any atom is -0.476 e. The van der Waals surface area contributed by atoms with Gasteiger partial charge in [-0.25, -0.2) is 9.78 Å². The molecule has 0 bridgehead atoms. The topological polar surface area (TPSA) is 89.4 Å². The third-order valence-electron chi connectivity index (χ3n) is 2.12. The van der Waals surface area contributed by atoms with Crippen LogP contribution in [-0.4, -0.2) is 21.2 Å². The molecule has 0 aliphatic heterocycles. The Morgan fingerprint density at radius 1 is 1.53 bits per heavy atom. The van der Waals surface area contributed by atoms with Crippen molar-refractivity contribution in [3.63, 3.8) is 0 Å². The number of carbonyl (C=O) groups is 1. The lowest BCUT2D eigenvalue weighted by molar-refractivity contribution is 0.0685. The van der Waals surface area contributed by atoms with E-state index in [0.29, 0.717) is 16.7 Å². The summed E-state index contributed by atoms with van der Waals surface area (Å²) >= 11 is 1.33. The normalized spacial score (nSPS) is 10.7. The average molecular weight is 254 g/mol. The molecule has 0 saturated heterocycles. The van der Waals surface area contributed by atoms with E-state index in [-0.39, 0.29) is 5.69 Å². The Balaban J connectivity index is 1.99. The van der Waals surface area contributed by atoms with E-state index in [4.69, 9.17) is 14.0 Å². The van der Waals surface area contributed by atoms with Crippen LogP contribution in [0.5, 0.6) is 0 Å². The molecule has 0 radical (unpaired) electrons. The van der Waals surface area contributed by atoms with Crippen molar-refractivity contribution >= 4 is 17.7 Å². The summed E-state index contributed by atoms with van der Waals surface area (Å²) in [6, 6.07) is 1.39. The van der Waals surface area contributed by atoms with Gasteiger partial charge in [-0.1, -0.05) is 16.9 Å². The van der Waals surface area contributed by atoms with E-state index in [1.807, 2.05) is 13.8 Å². The molecule has 2 aromatic rings. The Labute approximate surface area is 101 Å². The number of hydrogen-bond acceptors (Lipinski definition) is 6. The molecule has 17 heavy (non-hydrogen) atoms. The second kappa shape index (κ2) is 4.62. The van der Waals surface area contributed by atoms with Crippen LogP contribution < -0.4 is 0 Å². The number of rotatable bonds is 4. The quantitative estimate of drug-likeness (QED) is 0.837. The first kappa shape index (κ1) is 11.7. The molecular formula is C10H10N2O4S. The van der Waals surface area contributed by atoms with Crippen LogP contribution in [0.15, 0.2) is 20.2 Å². The molecule has 0 spiro atoms. The molecular weight excluding hydrogens is 244 g/mol. The molecule has 7 heteroatoms. The van der Waals surface area contributed by atoms with E-state index in [2.05, 4.69) is 10.1 Å². The molecule has 2 aromatic heterocycles. The lowest BCUT2D eigenvalue weighted by Gasteiger charge is -1.90. The van der Waals surface area contributed by atoms with Gasteiger partial charge in [0.2, 0.25) is 0 Å². The van der Waals surface area contributed by atoms with E-state index < -0.39 is 5.97 Å². The molecule has 0 fully saturated rings. The average Bonchev–Trinajstić information content (AvgIpc) is 2.84. The summed E-state index contributed by atoms with van der Waals surface area (Å²) in [5.41, 5.74) is 0.747. The molecule has 0 aliphatic rings. The zero-order chi connectivity index (χ0) is 12.4. The van der Waals surface area contributed by atoms with Crippen LogP contribution in [0.3, 0.4) is 0 Å². The number of hydrogen-bond donors (Lipinski definition) is 1. The standard InChI is InChI=1S/C10H10N2O4S/c1-5-6(2)15-10(11-5)17-4-7-3-8(9(13)14)12-16-7/h3H,4H2,1-2H3,(H,13,14). The van der Waals surface area contributed by atoms with Gasteiger partial charge >= 0.3 is 5.97 Å². The SMILES string of the molecule is Cc1nc(SCc2cc(C(=O)O)no2)oc1C. The fraction of sp³-hybridized carbons (Fsp3) is 0.300. The molecule has 0 aliphatic carbocycles. The van der Waals surface area contributed by atoms with Crippen LogP contribution in [0.2, 0.25) is 0 Å². The zero-order valence-electron chi connectivity index (χ0n) is 9.26. The fourth-order valence-corrected chi connectivity index (χ4v) is 1.91. The van der Waals surface area contributed by atoms with Crippen molar-refractivity contribution < 1.29 is 18.8 Å². The van der Waals surface area contributed by atoms with Crippen molar-refractivity contribution in [1.82, 2.24) is 10.1 Å². The Bertz CT molecular complexity index is 527. The highest BCUT2D eigenvalue weighted by molar-refractivity contribution is 7.98. The second-order valence-corrected chi connectivity index (χ2v) is 4.32. The van der Waals surface area contributed by atoms with E-state index >= 15 is 0 Å². The number of oxazole rings is 1. The first-order valence-corrected chi connectivity index (χ1v) is 5.80. The Hall–Kier alpha value is -1.76. The van der Waals surface area contributed by atoms with Crippen LogP contribution in [0.25, 0.3) is 0 Å². The smallest absolute Gasteiger partial charge is 0.358 e. The number of thioether (sulfide) groups is 1. The summed E-state index contributed by atoms with van der Waals surface area (Å²) in [6.45, 7) is 3.70. The fourth-order valence-electron chi connectivity index (χ4n) is 1.12. The monoisotopic (exact) mass is 254 g/mol. The number of nitrogens with zero attached hydrogens (tertiary/aromatic N) is 2. The summed E-state index contributed by atoms with van der Waals surface area (Å²) in [5, 5.41) is 12.6.